The van der Waals surface area contributed by atoms with Gasteiger partial charge >= 0.3 is 5.97 Å². The van der Waals surface area contributed by atoms with Gasteiger partial charge in [0.15, 0.2) is 0 Å². The highest BCUT2D eigenvalue weighted by molar-refractivity contribution is 8.01. The molecule has 3 aliphatic carbocycles. The summed E-state index contributed by atoms with van der Waals surface area (Å²) in [6.07, 6.45) is 4.17. The third-order valence-corrected chi connectivity index (χ3v) is 12.2. The monoisotopic (exact) mass is 564 g/mol. The number of nitrogens with one attached hydrogen (secondary N) is 1. The lowest BCUT2D eigenvalue weighted by Crippen LogP contribution is -2.63. The van der Waals surface area contributed by atoms with E-state index < -0.39 is 33.8 Å². The van der Waals surface area contributed by atoms with Gasteiger partial charge in [-0.05, 0) is 62.7 Å². The highest BCUT2D eigenvalue weighted by Crippen LogP contribution is 2.68. The van der Waals surface area contributed by atoms with Crippen molar-refractivity contribution in [3.05, 3.63) is 12.7 Å². The molecule has 4 N–H and O–H groups in total. The van der Waals surface area contributed by atoms with Crippen LogP contribution in [0.15, 0.2) is 12.7 Å². The van der Waals surface area contributed by atoms with Gasteiger partial charge in [0.2, 0.25) is 5.91 Å². The Labute approximate surface area is 239 Å². The van der Waals surface area contributed by atoms with Crippen LogP contribution in [0.25, 0.3) is 0 Å². The molecule has 0 spiro atoms. The second-order valence-electron chi connectivity index (χ2n) is 14.1. The Morgan fingerprint density at radius 2 is 1.92 bits per heavy atom. The van der Waals surface area contributed by atoms with Crippen molar-refractivity contribution < 1.29 is 24.2 Å². The Bertz CT molecular complexity index is 969. The predicted octanol–water partition coefficient (Wildman–Crippen LogP) is 4.50. The summed E-state index contributed by atoms with van der Waals surface area (Å²) in [7, 11) is 0. The van der Waals surface area contributed by atoms with Crippen molar-refractivity contribution in [2.75, 3.05) is 12.3 Å². The van der Waals surface area contributed by atoms with E-state index in [9.17, 15) is 19.5 Å². The van der Waals surface area contributed by atoms with Crippen LogP contribution in [0.1, 0.15) is 87.5 Å². The number of nitrogens with two attached hydrogens (primary N) is 1. The number of esters is 1. The molecule has 3 rings (SSSR count). The molecule has 7 nitrogen and oxygen atoms in total. The van der Waals surface area contributed by atoms with Crippen molar-refractivity contribution in [1.82, 2.24) is 5.32 Å². The number of amides is 1. The number of aliphatic hydroxyl groups excluding tert-OH is 1. The second kappa shape index (κ2) is 11.5. The average Bonchev–Trinajstić information content (AvgIpc) is 3.24. The van der Waals surface area contributed by atoms with Crippen LogP contribution in [0.5, 0.6) is 0 Å². The van der Waals surface area contributed by atoms with E-state index in [0.29, 0.717) is 19.4 Å². The molecule has 0 aromatic carbocycles. The maximum atomic E-state index is 13.5. The molecule has 0 radical (unpaired) electrons. The summed E-state index contributed by atoms with van der Waals surface area (Å²) in [5.74, 6) is -0.243. The molecule has 0 aromatic heterocycles. The molecule has 0 heterocycles. The number of carbonyl (C=O) groups excluding carboxylic acids is 3. The lowest BCUT2D eigenvalue weighted by molar-refractivity contribution is -0.205. The molecule has 3 saturated carbocycles. The minimum Gasteiger partial charge on any atom is -0.461 e. The molecule has 2 bridgehead atoms. The van der Waals surface area contributed by atoms with Crippen LogP contribution in [0, 0.1) is 39.9 Å². The van der Waals surface area contributed by atoms with Gasteiger partial charge in [-0.15, -0.1) is 18.3 Å². The van der Waals surface area contributed by atoms with Crippen LogP contribution < -0.4 is 11.1 Å². The normalized spacial score (nSPS) is 39.4. The standard InChI is InChI=1S/C31H52N2O5S/c1-10-29(8)15-22(38-23(35)16-39-28(6,7)17-33-27(37)24(32)18(2)3)30(9)19(4)11-13-31(20(5)26(29)36)14-12-21(34)25(30)31/h10,18-20,22,24-26,36H,1,11-17,32H2,2-9H3,(H,33,37)/t19?,20-,22+,24+,25-,26-,29+,30+,31-/m0/s1. The molecule has 3 fully saturated rings. The number of ether oxygens (including phenoxy) is 1. The van der Waals surface area contributed by atoms with Crippen molar-refractivity contribution in [2.24, 2.45) is 45.7 Å². The van der Waals surface area contributed by atoms with E-state index in [2.05, 4.69) is 32.7 Å². The lowest BCUT2D eigenvalue weighted by Gasteiger charge is -2.61. The fraction of sp³-hybridized carbons (Fsp3) is 0.839. The molecule has 0 saturated heterocycles. The average molecular weight is 565 g/mol. The van der Waals surface area contributed by atoms with Crippen LogP contribution in [0.2, 0.25) is 0 Å². The molecule has 39 heavy (non-hydrogen) atoms. The smallest absolute Gasteiger partial charge is 0.316 e. The number of Topliss-reactive ketones (excluding diaryl/α,β-unsaturated/α-hetero) is 1. The molecule has 1 amide bonds. The topological polar surface area (TPSA) is 119 Å². The first kappa shape index (κ1) is 32.1. The molecule has 0 aliphatic heterocycles. The largest absolute Gasteiger partial charge is 0.461 e. The molecule has 8 heteroatoms. The number of hydrogen-bond donors (Lipinski definition) is 3. The highest BCUT2D eigenvalue weighted by Gasteiger charge is 2.68. The number of hydrogen-bond acceptors (Lipinski definition) is 7. The van der Waals surface area contributed by atoms with Gasteiger partial charge in [-0.25, -0.2) is 0 Å². The van der Waals surface area contributed by atoms with Crippen LogP contribution in [-0.4, -0.2) is 58.1 Å². The SMILES string of the molecule is C=C[C@]1(C)C[C@@H](OC(=O)CSC(C)(C)CNC(=O)[C@H](N)C(C)C)[C@@]2(C)C(C)CC[C@]3(CCC(=O)[C@H]32)[C@@H](C)[C@@H]1O. The van der Waals surface area contributed by atoms with Crippen molar-refractivity contribution in [1.29, 1.82) is 0 Å². The van der Waals surface area contributed by atoms with Gasteiger partial charge in [-0.3, -0.25) is 14.4 Å². The molecule has 1 unspecified atom stereocenters. The number of aliphatic hydroxyl groups is 1. The maximum Gasteiger partial charge on any atom is 0.316 e. The predicted molar refractivity (Wildman–Crippen MR) is 157 cm³/mol. The van der Waals surface area contributed by atoms with E-state index in [0.717, 1.165) is 19.3 Å². The van der Waals surface area contributed by atoms with Crippen molar-refractivity contribution in [3.63, 3.8) is 0 Å². The first-order valence-corrected chi connectivity index (χ1v) is 15.6. The van der Waals surface area contributed by atoms with E-state index in [1.54, 1.807) is 0 Å². The van der Waals surface area contributed by atoms with Crippen molar-refractivity contribution >= 4 is 29.4 Å². The number of rotatable bonds is 9. The molecular formula is C31H52N2O5S. The molecule has 222 valence electrons. The van der Waals surface area contributed by atoms with Gasteiger partial charge < -0.3 is 20.9 Å². The zero-order chi connectivity index (χ0) is 29.6. The lowest BCUT2D eigenvalue weighted by atomic mass is 9.44. The van der Waals surface area contributed by atoms with Crippen LogP contribution in [0.3, 0.4) is 0 Å². The fourth-order valence-electron chi connectivity index (χ4n) is 7.72. The Morgan fingerprint density at radius 1 is 1.28 bits per heavy atom. The Morgan fingerprint density at radius 3 is 2.51 bits per heavy atom. The van der Waals surface area contributed by atoms with Crippen molar-refractivity contribution in [3.8, 4) is 0 Å². The summed E-state index contributed by atoms with van der Waals surface area (Å²) >= 11 is 1.43. The van der Waals surface area contributed by atoms with E-state index in [1.165, 1.54) is 11.8 Å². The van der Waals surface area contributed by atoms with Gasteiger partial charge in [-0.2, -0.15) is 0 Å². The summed E-state index contributed by atoms with van der Waals surface area (Å²) in [5, 5.41) is 14.6. The summed E-state index contributed by atoms with van der Waals surface area (Å²) < 4.78 is 5.92. The van der Waals surface area contributed by atoms with Gasteiger partial charge in [0, 0.05) is 34.5 Å². The first-order chi connectivity index (χ1) is 17.9. The summed E-state index contributed by atoms with van der Waals surface area (Å²) in [6.45, 7) is 20.7. The van der Waals surface area contributed by atoms with E-state index in [4.69, 9.17) is 10.5 Å². The Balaban J connectivity index is 1.82. The minimum atomic E-state index is -0.684. The highest BCUT2D eigenvalue weighted by atomic mass is 32.2. The zero-order valence-corrected chi connectivity index (χ0v) is 26.2. The summed E-state index contributed by atoms with van der Waals surface area (Å²) in [5.41, 5.74) is 4.49. The molecule has 0 aromatic rings. The summed E-state index contributed by atoms with van der Waals surface area (Å²) in [4.78, 5) is 39.2. The third-order valence-electron chi connectivity index (χ3n) is 10.9. The number of thioether (sulfide) groups is 1. The van der Waals surface area contributed by atoms with E-state index >= 15 is 0 Å². The van der Waals surface area contributed by atoms with Gasteiger partial charge in [-0.1, -0.05) is 47.6 Å². The second-order valence-corrected chi connectivity index (χ2v) is 15.8. The third kappa shape index (κ3) is 5.85. The summed E-state index contributed by atoms with van der Waals surface area (Å²) in [6, 6.07) is -0.573. The quantitative estimate of drug-likeness (QED) is 0.279. The van der Waals surface area contributed by atoms with Gasteiger partial charge in [0.1, 0.15) is 11.9 Å². The molecule has 9 atom stereocenters. The molecular weight excluding hydrogens is 512 g/mol. The van der Waals surface area contributed by atoms with Gasteiger partial charge in [0.25, 0.3) is 0 Å². The Hall–Kier alpha value is -1.38. The molecule has 3 aliphatic rings. The van der Waals surface area contributed by atoms with Gasteiger partial charge in [0.05, 0.1) is 17.9 Å². The van der Waals surface area contributed by atoms with Crippen LogP contribution in [0.4, 0.5) is 0 Å². The number of ketones is 1. The minimum absolute atomic E-state index is 0.0382. The maximum absolute atomic E-state index is 13.5. The van der Waals surface area contributed by atoms with Crippen LogP contribution in [-0.2, 0) is 19.1 Å². The zero-order valence-electron chi connectivity index (χ0n) is 25.3. The van der Waals surface area contributed by atoms with E-state index in [1.807, 2.05) is 40.7 Å². The fourth-order valence-corrected chi connectivity index (χ4v) is 8.47. The van der Waals surface area contributed by atoms with Crippen LogP contribution >= 0.6 is 11.8 Å². The Kier molecular flexibility index (Phi) is 9.46. The van der Waals surface area contributed by atoms with Crippen molar-refractivity contribution in [2.45, 2.75) is 110 Å². The van der Waals surface area contributed by atoms with E-state index in [-0.39, 0.29) is 52.5 Å². The first-order valence-electron chi connectivity index (χ1n) is 14.7. The number of carbonyl (C=O) groups is 3.